The van der Waals surface area contributed by atoms with Crippen LogP contribution in [0.1, 0.15) is 38.1 Å². The molecule has 0 atom stereocenters. The van der Waals surface area contributed by atoms with Gasteiger partial charge in [-0.2, -0.15) is 13.5 Å². The van der Waals surface area contributed by atoms with Crippen molar-refractivity contribution in [2.45, 2.75) is 47.1 Å². The van der Waals surface area contributed by atoms with Gasteiger partial charge in [0.25, 0.3) is 0 Å². The maximum atomic E-state index is 6.13. The van der Waals surface area contributed by atoms with E-state index in [1.165, 1.54) is 4.88 Å². The monoisotopic (exact) mass is 357 g/mol. The van der Waals surface area contributed by atoms with Gasteiger partial charge in [-0.15, -0.1) is 11.3 Å². The van der Waals surface area contributed by atoms with Crippen molar-refractivity contribution < 1.29 is 4.74 Å². The fraction of sp³-hybridized carbons (Fsp3) is 0.471. The summed E-state index contributed by atoms with van der Waals surface area (Å²) < 4.78 is 6.48. The molecule has 0 saturated carbocycles. The van der Waals surface area contributed by atoms with Gasteiger partial charge in [-0.25, -0.2) is 4.98 Å². The zero-order valence-electron chi connectivity index (χ0n) is 13.7. The molecule has 0 spiro atoms. The van der Waals surface area contributed by atoms with Gasteiger partial charge in [0.15, 0.2) is 4.47 Å². The largest absolute Gasteiger partial charge is 0.491 e. The van der Waals surface area contributed by atoms with Gasteiger partial charge in [0, 0.05) is 10.4 Å². The molecule has 0 aliphatic carbocycles. The lowest BCUT2D eigenvalue weighted by atomic mass is 10.0. The molecule has 0 bridgehead atoms. The summed E-state index contributed by atoms with van der Waals surface area (Å²) in [5.41, 5.74) is 3.21. The average Bonchev–Trinajstić information content (AvgIpc) is 2.71. The highest BCUT2D eigenvalue weighted by molar-refractivity contribution is 7.59. The minimum Gasteiger partial charge on any atom is -0.491 e. The topological polar surface area (TPSA) is 22.1 Å². The zero-order chi connectivity index (χ0) is 15.6. The number of ether oxygens (including phenoxy) is 1. The molecule has 2 nitrogen and oxygen atoms in total. The first kappa shape index (κ1) is 19.3. The minimum atomic E-state index is 0. The number of nitrogens with zero attached hydrogens (tertiary/aromatic N) is 1. The third-order valence-corrected chi connectivity index (χ3v) is 4.27. The summed E-state index contributed by atoms with van der Waals surface area (Å²) in [5.74, 6) is 1.50. The van der Waals surface area contributed by atoms with Crippen LogP contribution in [0.3, 0.4) is 0 Å². The van der Waals surface area contributed by atoms with E-state index in [4.69, 9.17) is 16.3 Å². The maximum Gasteiger partial charge on any atom is 0.184 e. The van der Waals surface area contributed by atoms with Gasteiger partial charge < -0.3 is 4.74 Å². The number of thiazole rings is 1. The second-order valence-corrected chi connectivity index (χ2v) is 7.65. The quantitative estimate of drug-likeness (QED) is 0.667. The molecule has 0 unspecified atom stereocenters. The third-order valence-electron chi connectivity index (χ3n) is 3.09. The second-order valence-electron chi connectivity index (χ2n) is 5.98. The van der Waals surface area contributed by atoms with E-state index in [-0.39, 0.29) is 19.6 Å². The van der Waals surface area contributed by atoms with Gasteiger partial charge >= 0.3 is 0 Å². The van der Waals surface area contributed by atoms with E-state index in [0.717, 1.165) is 29.0 Å². The molecule has 1 aromatic heterocycles. The van der Waals surface area contributed by atoms with Crippen LogP contribution in [-0.4, -0.2) is 11.1 Å². The van der Waals surface area contributed by atoms with Crippen molar-refractivity contribution in [1.82, 2.24) is 4.98 Å². The smallest absolute Gasteiger partial charge is 0.184 e. The van der Waals surface area contributed by atoms with E-state index in [2.05, 4.69) is 44.0 Å². The van der Waals surface area contributed by atoms with Gasteiger partial charge in [0.2, 0.25) is 0 Å². The van der Waals surface area contributed by atoms with Crippen LogP contribution in [0.2, 0.25) is 4.47 Å². The molecule has 22 heavy (non-hydrogen) atoms. The Morgan fingerprint density at radius 3 is 2.50 bits per heavy atom. The Morgan fingerprint density at radius 1 is 1.23 bits per heavy atom. The first-order valence-corrected chi connectivity index (χ1v) is 8.49. The van der Waals surface area contributed by atoms with Gasteiger partial charge in [-0.3, -0.25) is 0 Å². The van der Waals surface area contributed by atoms with E-state index >= 15 is 0 Å². The van der Waals surface area contributed by atoms with Crippen molar-refractivity contribution in [2.75, 3.05) is 0 Å². The predicted octanol–water partition coefficient (Wildman–Crippen LogP) is 5.87. The van der Waals surface area contributed by atoms with Crippen molar-refractivity contribution in [2.24, 2.45) is 5.92 Å². The molecule has 2 aromatic rings. The first-order valence-electron chi connectivity index (χ1n) is 7.29. The zero-order valence-corrected chi connectivity index (χ0v) is 16.3. The molecule has 0 N–H and O–H groups in total. The summed E-state index contributed by atoms with van der Waals surface area (Å²) in [6.45, 7) is 10.6. The fourth-order valence-electron chi connectivity index (χ4n) is 2.19. The number of hydrogen-bond acceptors (Lipinski definition) is 3. The molecule has 1 heterocycles. The molecule has 0 aliphatic rings. The molecule has 5 heteroatoms. The Kier molecular flexibility index (Phi) is 7.23. The molecule has 0 saturated heterocycles. The number of benzene rings is 1. The van der Waals surface area contributed by atoms with E-state index in [1.807, 2.05) is 13.8 Å². The highest BCUT2D eigenvalue weighted by atomic mass is 35.5. The molecule has 0 aliphatic heterocycles. The lowest BCUT2D eigenvalue weighted by molar-refractivity contribution is 0.241. The number of halogens is 1. The van der Waals surface area contributed by atoms with Crippen LogP contribution in [0.4, 0.5) is 0 Å². The van der Waals surface area contributed by atoms with Crippen molar-refractivity contribution in [3.8, 4) is 17.0 Å². The van der Waals surface area contributed by atoms with Crippen LogP contribution in [0, 0.1) is 12.8 Å². The Bertz CT molecular complexity index is 623. The van der Waals surface area contributed by atoms with Crippen LogP contribution in [0.5, 0.6) is 5.75 Å². The molecule has 2 rings (SSSR count). The van der Waals surface area contributed by atoms with Crippen molar-refractivity contribution in [1.29, 1.82) is 0 Å². The van der Waals surface area contributed by atoms with Crippen LogP contribution >= 0.6 is 36.4 Å². The van der Waals surface area contributed by atoms with Gasteiger partial charge in [-0.1, -0.05) is 37.6 Å². The lowest BCUT2D eigenvalue weighted by Gasteiger charge is -2.14. The summed E-state index contributed by atoms with van der Waals surface area (Å²) in [5, 5.41) is 0. The Morgan fingerprint density at radius 2 is 1.91 bits per heavy atom. The van der Waals surface area contributed by atoms with E-state index < -0.39 is 0 Å². The van der Waals surface area contributed by atoms with Crippen LogP contribution in [0.15, 0.2) is 18.2 Å². The third kappa shape index (κ3) is 4.90. The van der Waals surface area contributed by atoms with E-state index in [0.29, 0.717) is 10.4 Å². The van der Waals surface area contributed by atoms with E-state index in [9.17, 15) is 0 Å². The summed E-state index contributed by atoms with van der Waals surface area (Å²) in [7, 11) is 0. The van der Waals surface area contributed by atoms with Crippen molar-refractivity contribution >= 4 is 36.4 Å². The summed E-state index contributed by atoms with van der Waals surface area (Å²) in [6, 6.07) is 6.25. The Balaban J connectivity index is 0.00000242. The fourth-order valence-corrected chi connectivity index (χ4v) is 3.57. The molecule has 0 radical (unpaired) electrons. The molecular formula is C17H24ClNOS2. The van der Waals surface area contributed by atoms with Crippen LogP contribution in [0.25, 0.3) is 11.3 Å². The molecule has 0 amide bonds. The molecular weight excluding hydrogens is 334 g/mol. The Hall–Kier alpha value is -0.710. The number of rotatable bonds is 5. The number of aromatic nitrogens is 1. The molecule has 1 aromatic carbocycles. The van der Waals surface area contributed by atoms with Gasteiger partial charge in [0.05, 0.1) is 11.8 Å². The highest BCUT2D eigenvalue weighted by Crippen LogP contribution is 2.35. The van der Waals surface area contributed by atoms with Crippen LogP contribution < -0.4 is 4.74 Å². The van der Waals surface area contributed by atoms with Crippen LogP contribution in [-0.2, 0) is 6.42 Å². The average molecular weight is 358 g/mol. The standard InChI is InChI=1S/C17H22ClNOS.H2S/c1-10(2)8-15-16(19-17(18)21-15)13-7-6-12(5)14(9-13)20-11(3)4;/h6-7,9-11H,8H2,1-5H3;1H2. The molecule has 122 valence electrons. The second kappa shape index (κ2) is 8.23. The van der Waals surface area contributed by atoms with Crippen molar-refractivity contribution in [3.05, 3.63) is 33.1 Å². The number of aryl methyl sites for hydroxylation is 1. The normalized spacial score (nSPS) is 10.9. The predicted molar refractivity (Wildman–Crippen MR) is 102 cm³/mol. The van der Waals surface area contributed by atoms with Gasteiger partial charge in [-0.05, 0) is 44.7 Å². The SMILES string of the molecule is Cc1ccc(-c2nc(Cl)sc2CC(C)C)cc1OC(C)C.S. The van der Waals surface area contributed by atoms with Gasteiger partial charge in [0.1, 0.15) is 5.75 Å². The summed E-state index contributed by atoms with van der Waals surface area (Å²) in [4.78, 5) is 5.76. The Labute approximate surface area is 149 Å². The lowest BCUT2D eigenvalue weighted by Crippen LogP contribution is -2.06. The maximum absolute atomic E-state index is 6.13. The highest BCUT2D eigenvalue weighted by Gasteiger charge is 2.15. The molecule has 0 fully saturated rings. The van der Waals surface area contributed by atoms with Crippen molar-refractivity contribution in [3.63, 3.8) is 0 Å². The first-order chi connectivity index (χ1) is 9.86. The number of hydrogen-bond donors (Lipinski definition) is 0. The minimum absolute atomic E-state index is 0. The summed E-state index contributed by atoms with van der Waals surface area (Å²) in [6.07, 6.45) is 1.15. The van der Waals surface area contributed by atoms with E-state index in [1.54, 1.807) is 11.3 Å². The summed E-state index contributed by atoms with van der Waals surface area (Å²) >= 11 is 7.71.